The third-order valence-corrected chi connectivity index (χ3v) is 3.40. The monoisotopic (exact) mass is 201 g/mol. The molecule has 0 unspecified atom stereocenters. The van der Waals surface area contributed by atoms with Crippen LogP contribution in [-0.2, 0) is 0 Å². The lowest BCUT2D eigenvalue weighted by Crippen LogP contribution is -2.39. The van der Waals surface area contributed by atoms with Gasteiger partial charge in [-0.2, -0.15) is 0 Å². The molecule has 14 heavy (non-hydrogen) atoms. The number of nitrogens with zero attached hydrogens (tertiary/aromatic N) is 1. The predicted octanol–water partition coefficient (Wildman–Crippen LogP) is 0.994. The summed E-state index contributed by atoms with van der Waals surface area (Å²) in [6, 6.07) is 1.03. The Labute approximate surface area is 86.7 Å². The minimum atomic E-state index is 0.224. The van der Waals surface area contributed by atoms with Crippen LogP contribution >= 0.6 is 0 Å². The van der Waals surface area contributed by atoms with Gasteiger partial charge in [-0.1, -0.05) is 12.8 Å². The minimum Gasteiger partial charge on any atom is -0.396 e. The summed E-state index contributed by atoms with van der Waals surface area (Å²) in [5.41, 5.74) is 0. The molecule has 1 saturated carbocycles. The smallest absolute Gasteiger partial charge is 0.0445 e. The minimum absolute atomic E-state index is 0.224. The molecular weight excluding hydrogens is 178 g/mol. The Morgan fingerprint density at radius 2 is 1.64 bits per heavy atom. The normalized spacial score (nSPS) is 18.6. The van der Waals surface area contributed by atoms with Crippen molar-refractivity contribution < 1.29 is 10.2 Å². The first kappa shape index (κ1) is 12.0. The molecule has 0 aliphatic heterocycles. The van der Waals surface area contributed by atoms with Gasteiger partial charge in [0.15, 0.2) is 0 Å². The highest BCUT2D eigenvalue weighted by Gasteiger charge is 2.24. The van der Waals surface area contributed by atoms with Crippen molar-refractivity contribution in [3.05, 3.63) is 0 Å². The van der Waals surface area contributed by atoms with Gasteiger partial charge in [0.05, 0.1) is 0 Å². The Morgan fingerprint density at radius 3 is 2.07 bits per heavy atom. The van der Waals surface area contributed by atoms with Gasteiger partial charge in [0, 0.05) is 25.3 Å². The molecular formula is C11H23NO2. The molecule has 0 aromatic heterocycles. The highest BCUT2D eigenvalue weighted by atomic mass is 16.3. The van der Waals surface area contributed by atoms with Gasteiger partial charge in [-0.3, -0.25) is 0 Å². The fourth-order valence-electron chi connectivity index (χ4n) is 2.46. The summed E-state index contributed by atoms with van der Waals surface area (Å²) in [4.78, 5) is 2.36. The van der Waals surface area contributed by atoms with Crippen LogP contribution in [0.15, 0.2) is 0 Å². The highest BCUT2D eigenvalue weighted by molar-refractivity contribution is 4.80. The summed E-state index contributed by atoms with van der Waals surface area (Å²) in [6.07, 6.45) is 6.80. The van der Waals surface area contributed by atoms with E-state index in [4.69, 9.17) is 10.2 Å². The molecule has 0 spiro atoms. The van der Waals surface area contributed by atoms with Crippen LogP contribution in [-0.4, -0.2) is 47.5 Å². The molecule has 3 nitrogen and oxygen atoms in total. The highest BCUT2D eigenvalue weighted by Crippen LogP contribution is 2.25. The van der Waals surface area contributed by atoms with Gasteiger partial charge >= 0.3 is 0 Å². The zero-order valence-electron chi connectivity index (χ0n) is 9.15. The van der Waals surface area contributed by atoms with Gasteiger partial charge in [-0.05, 0) is 32.7 Å². The van der Waals surface area contributed by atoms with Crippen LogP contribution in [0.2, 0.25) is 0 Å². The Morgan fingerprint density at radius 1 is 1.14 bits per heavy atom. The van der Waals surface area contributed by atoms with Crippen LogP contribution in [0.3, 0.4) is 0 Å². The van der Waals surface area contributed by atoms with Crippen LogP contribution < -0.4 is 0 Å². The van der Waals surface area contributed by atoms with Crippen LogP contribution in [0.4, 0.5) is 0 Å². The quantitative estimate of drug-likeness (QED) is 0.673. The van der Waals surface area contributed by atoms with Crippen LogP contribution in [0.25, 0.3) is 0 Å². The molecule has 3 heteroatoms. The van der Waals surface area contributed by atoms with E-state index >= 15 is 0 Å². The molecule has 2 N–H and O–H groups in total. The number of aliphatic hydroxyl groups is 2. The molecule has 84 valence electrons. The van der Waals surface area contributed by atoms with Crippen molar-refractivity contribution in [2.75, 3.05) is 20.3 Å². The van der Waals surface area contributed by atoms with Crippen molar-refractivity contribution in [1.82, 2.24) is 4.90 Å². The standard InChI is InChI=1S/C11H23NO2/c1-12(10-4-2-3-5-10)11(6-8-13)7-9-14/h10-11,13-14H,2-9H2,1H3. The molecule has 1 fully saturated rings. The Kier molecular flexibility index (Phi) is 5.45. The predicted molar refractivity (Wildman–Crippen MR) is 57.2 cm³/mol. The van der Waals surface area contributed by atoms with E-state index in [9.17, 15) is 0 Å². The topological polar surface area (TPSA) is 43.7 Å². The third kappa shape index (κ3) is 3.23. The summed E-state index contributed by atoms with van der Waals surface area (Å²) in [7, 11) is 2.13. The average Bonchev–Trinajstić information content (AvgIpc) is 2.69. The molecule has 0 heterocycles. The lowest BCUT2D eigenvalue weighted by molar-refractivity contribution is 0.116. The molecule has 0 aromatic carbocycles. The van der Waals surface area contributed by atoms with E-state index in [0.29, 0.717) is 12.1 Å². The van der Waals surface area contributed by atoms with Crippen LogP contribution in [0.5, 0.6) is 0 Å². The third-order valence-electron chi connectivity index (χ3n) is 3.40. The number of hydrogen-bond donors (Lipinski definition) is 2. The van der Waals surface area contributed by atoms with Crippen molar-refractivity contribution in [3.63, 3.8) is 0 Å². The SMILES string of the molecule is CN(C(CCO)CCO)C1CCCC1. The summed E-state index contributed by atoms with van der Waals surface area (Å²) >= 11 is 0. The van der Waals surface area contributed by atoms with E-state index in [2.05, 4.69) is 11.9 Å². The Hall–Kier alpha value is -0.120. The maximum atomic E-state index is 8.95. The van der Waals surface area contributed by atoms with Gasteiger partial charge in [-0.25, -0.2) is 0 Å². The Bertz CT molecular complexity index is 140. The maximum Gasteiger partial charge on any atom is 0.0445 e. The Balaban J connectivity index is 2.39. The summed E-state index contributed by atoms with van der Waals surface area (Å²) in [6.45, 7) is 0.448. The molecule has 0 atom stereocenters. The summed E-state index contributed by atoms with van der Waals surface area (Å²) in [5.74, 6) is 0. The second-order valence-electron chi connectivity index (χ2n) is 4.28. The van der Waals surface area contributed by atoms with Crippen LogP contribution in [0, 0.1) is 0 Å². The zero-order chi connectivity index (χ0) is 10.4. The largest absolute Gasteiger partial charge is 0.396 e. The first-order chi connectivity index (χ1) is 6.79. The molecule has 0 saturated heterocycles. The second-order valence-corrected chi connectivity index (χ2v) is 4.28. The van der Waals surface area contributed by atoms with E-state index < -0.39 is 0 Å². The zero-order valence-corrected chi connectivity index (χ0v) is 9.15. The lowest BCUT2D eigenvalue weighted by Gasteiger charge is -2.32. The average molecular weight is 201 g/mol. The van der Waals surface area contributed by atoms with E-state index in [1.54, 1.807) is 0 Å². The molecule has 0 aromatic rings. The van der Waals surface area contributed by atoms with Gasteiger partial charge in [0.2, 0.25) is 0 Å². The van der Waals surface area contributed by atoms with Crippen molar-refractivity contribution in [3.8, 4) is 0 Å². The molecule has 0 bridgehead atoms. The van der Waals surface area contributed by atoms with Gasteiger partial charge in [0.25, 0.3) is 0 Å². The summed E-state index contributed by atoms with van der Waals surface area (Å²) < 4.78 is 0. The van der Waals surface area contributed by atoms with E-state index in [0.717, 1.165) is 12.8 Å². The first-order valence-corrected chi connectivity index (χ1v) is 5.73. The molecule has 0 radical (unpaired) electrons. The van der Waals surface area contributed by atoms with Gasteiger partial charge in [-0.15, -0.1) is 0 Å². The fraction of sp³-hybridized carbons (Fsp3) is 1.00. The number of aliphatic hydroxyl groups excluding tert-OH is 2. The van der Waals surface area contributed by atoms with Crippen molar-refractivity contribution in [2.45, 2.75) is 50.6 Å². The van der Waals surface area contributed by atoms with E-state index in [-0.39, 0.29) is 13.2 Å². The van der Waals surface area contributed by atoms with E-state index in [1.165, 1.54) is 25.7 Å². The van der Waals surface area contributed by atoms with Crippen molar-refractivity contribution >= 4 is 0 Å². The molecule has 0 amide bonds. The lowest BCUT2D eigenvalue weighted by atomic mass is 10.1. The molecule has 1 rings (SSSR count). The number of rotatable bonds is 6. The van der Waals surface area contributed by atoms with Crippen LogP contribution in [0.1, 0.15) is 38.5 Å². The second kappa shape index (κ2) is 6.38. The number of hydrogen-bond acceptors (Lipinski definition) is 3. The van der Waals surface area contributed by atoms with E-state index in [1.807, 2.05) is 0 Å². The summed E-state index contributed by atoms with van der Waals surface area (Å²) in [5, 5.41) is 17.9. The molecule has 1 aliphatic rings. The van der Waals surface area contributed by atoms with Crippen molar-refractivity contribution in [1.29, 1.82) is 0 Å². The fourth-order valence-corrected chi connectivity index (χ4v) is 2.46. The molecule has 1 aliphatic carbocycles. The first-order valence-electron chi connectivity index (χ1n) is 5.73. The van der Waals surface area contributed by atoms with Gasteiger partial charge in [0.1, 0.15) is 0 Å². The van der Waals surface area contributed by atoms with Gasteiger partial charge < -0.3 is 15.1 Å². The maximum absolute atomic E-state index is 8.95. The van der Waals surface area contributed by atoms with Crippen molar-refractivity contribution in [2.24, 2.45) is 0 Å².